The van der Waals surface area contributed by atoms with Crippen molar-refractivity contribution in [2.45, 2.75) is 39.2 Å². The molecule has 0 radical (unpaired) electrons. The number of aliphatic hydroxyl groups is 1. The fourth-order valence-corrected chi connectivity index (χ4v) is 3.22. The molecule has 1 heterocycles. The Bertz CT molecular complexity index is 389. The fraction of sp³-hybridized carbons (Fsp3) is 0.917. The Balaban J connectivity index is 2.39. The minimum absolute atomic E-state index is 0.0824. The van der Waals surface area contributed by atoms with E-state index in [0.29, 0.717) is 32.4 Å². The van der Waals surface area contributed by atoms with E-state index in [1.807, 2.05) is 6.92 Å². The van der Waals surface area contributed by atoms with Gasteiger partial charge in [0.25, 0.3) is 0 Å². The maximum absolute atomic E-state index is 11.9. The van der Waals surface area contributed by atoms with Gasteiger partial charge in [-0.05, 0) is 26.2 Å². The van der Waals surface area contributed by atoms with E-state index < -0.39 is 16.1 Å². The highest BCUT2D eigenvalue weighted by molar-refractivity contribution is 7.89. The Labute approximate surface area is 115 Å². The first-order valence-corrected chi connectivity index (χ1v) is 8.45. The molecule has 1 amide bonds. The lowest BCUT2D eigenvalue weighted by Gasteiger charge is -2.30. The zero-order valence-electron chi connectivity index (χ0n) is 11.6. The van der Waals surface area contributed by atoms with Crippen LogP contribution in [0.1, 0.15) is 33.1 Å². The second-order valence-electron chi connectivity index (χ2n) is 4.88. The van der Waals surface area contributed by atoms with Gasteiger partial charge in [-0.25, -0.2) is 12.7 Å². The predicted octanol–water partition coefficient (Wildman–Crippen LogP) is -0.0648. The number of aliphatic hydroxyl groups excluding tert-OH is 1. The maximum atomic E-state index is 11.9. The Morgan fingerprint density at radius 2 is 1.95 bits per heavy atom. The summed E-state index contributed by atoms with van der Waals surface area (Å²) in [6.07, 6.45) is 1.19. The van der Waals surface area contributed by atoms with Gasteiger partial charge in [0.2, 0.25) is 15.9 Å². The predicted molar refractivity (Wildman–Crippen MR) is 73.1 cm³/mol. The summed E-state index contributed by atoms with van der Waals surface area (Å²) in [6, 6.07) is 0. The number of nitrogens with zero attached hydrogens (tertiary/aromatic N) is 1. The summed E-state index contributed by atoms with van der Waals surface area (Å²) in [5, 5.41) is 12.1. The molecule has 0 aromatic carbocycles. The van der Waals surface area contributed by atoms with E-state index in [4.69, 9.17) is 0 Å². The number of hydrogen-bond donors (Lipinski definition) is 2. The van der Waals surface area contributed by atoms with E-state index in [0.717, 1.165) is 0 Å². The third-order valence-electron chi connectivity index (χ3n) is 3.57. The number of amides is 1. The molecule has 2 N–H and O–H groups in total. The Morgan fingerprint density at radius 3 is 2.42 bits per heavy atom. The van der Waals surface area contributed by atoms with E-state index in [-0.39, 0.29) is 24.1 Å². The first-order valence-electron chi connectivity index (χ1n) is 6.84. The molecule has 0 bridgehead atoms. The van der Waals surface area contributed by atoms with Gasteiger partial charge in [-0.3, -0.25) is 4.79 Å². The van der Waals surface area contributed by atoms with Crippen LogP contribution >= 0.6 is 0 Å². The van der Waals surface area contributed by atoms with Gasteiger partial charge >= 0.3 is 0 Å². The highest BCUT2D eigenvalue weighted by atomic mass is 32.2. The zero-order chi connectivity index (χ0) is 14.5. The maximum Gasteiger partial charge on any atom is 0.223 e. The molecule has 0 aromatic rings. The van der Waals surface area contributed by atoms with Crippen LogP contribution in [0, 0.1) is 5.92 Å². The zero-order valence-corrected chi connectivity index (χ0v) is 12.4. The SMILES string of the molecule is CCC(O)CNC(=O)C1CCN(S(=O)(=O)CC)CC1. The molecular weight excluding hydrogens is 268 g/mol. The number of carbonyl (C=O) groups excluding carboxylic acids is 1. The standard InChI is InChI=1S/C12H24N2O4S/c1-3-11(15)9-13-12(16)10-5-7-14(8-6-10)19(17,18)4-2/h10-11,15H,3-9H2,1-2H3,(H,13,16). The summed E-state index contributed by atoms with van der Waals surface area (Å²) in [5.74, 6) is -0.125. The summed E-state index contributed by atoms with van der Waals surface area (Å²) in [7, 11) is -3.14. The summed E-state index contributed by atoms with van der Waals surface area (Å²) in [6.45, 7) is 4.56. The van der Waals surface area contributed by atoms with E-state index >= 15 is 0 Å². The van der Waals surface area contributed by atoms with Crippen LogP contribution in [0.2, 0.25) is 0 Å². The molecule has 1 saturated heterocycles. The van der Waals surface area contributed by atoms with Crippen LogP contribution in [0.3, 0.4) is 0 Å². The van der Waals surface area contributed by atoms with Crippen molar-refractivity contribution in [1.29, 1.82) is 0 Å². The lowest BCUT2D eigenvalue weighted by Crippen LogP contribution is -2.44. The van der Waals surface area contributed by atoms with Crippen LogP contribution < -0.4 is 5.32 Å². The minimum Gasteiger partial charge on any atom is -0.391 e. The fourth-order valence-electron chi connectivity index (χ4n) is 2.09. The van der Waals surface area contributed by atoms with Crippen molar-refractivity contribution >= 4 is 15.9 Å². The quantitative estimate of drug-likeness (QED) is 0.718. The Morgan fingerprint density at radius 1 is 1.37 bits per heavy atom. The number of rotatable bonds is 6. The Hall–Kier alpha value is -0.660. The van der Waals surface area contributed by atoms with Crippen molar-refractivity contribution in [3.63, 3.8) is 0 Å². The van der Waals surface area contributed by atoms with Crippen LogP contribution in [-0.2, 0) is 14.8 Å². The van der Waals surface area contributed by atoms with Gasteiger partial charge in [0.05, 0.1) is 11.9 Å². The summed E-state index contributed by atoms with van der Waals surface area (Å²) >= 11 is 0. The van der Waals surface area contributed by atoms with Crippen LogP contribution in [0.4, 0.5) is 0 Å². The summed E-state index contributed by atoms with van der Waals surface area (Å²) in [5.41, 5.74) is 0. The van der Waals surface area contributed by atoms with Crippen molar-refractivity contribution in [3.8, 4) is 0 Å². The van der Waals surface area contributed by atoms with Gasteiger partial charge in [0.15, 0.2) is 0 Å². The molecule has 1 atom stereocenters. The molecule has 1 fully saturated rings. The van der Waals surface area contributed by atoms with Crippen molar-refractivity contribution in [3.05, 3.63) is 0 Å². The molecule has 0 aromatic heterocycles. The van der Waals surface area contributed by atoms with E-state index in [1.165, 1.54) is 4.31 Å². The van der Waals surface area contributed by atoms with Gasteiger partial charge in [-0.2, -0.15) is 0 Å². The number of sulfonamides is 1. The Kier molecular flexibility index (Phi) is 6.22. The van der Waals surface area contributed by atoms with Gasteiger partial charge < -0.3 is 10.4 Å². The lowest BCUT2D eigenvalue weighted by molar-refractivity contribution is -0.126. The third kappa shape index (κ3) is 4.74. The lowest BCUT2D eigenvalue weighted by atomic mass is 9.97. The van der Waals surface area contributed by atoms with Crippen LogP contribution in [0.25, 0.3) is 0 Å². The molecular formula is C12H24N2O4S. The van der Waals surface area contributed by atoms with Crippen LogP contribution in [0.5, 0.6) is 0 Å². The first-order chi connectivity index (χ1) is 8.90. The molecule has 19 heavy (non-hydrogen) atoms. The average Bonchev–Trinajstić information content (AvgIpc) is 2.44. The molecule has 1 aliphatic rings. The smallest absolute Gasteiger partial charge is 0.223 e. The minimum atomic E-state index is -3.14. The van der Waals surface area contributed by atoms with Gasteiger partial charge in [-0.1, -0.05) is 6.92 Å². The normalized spacial score (nSPS) is 20.2. The second-order valence-corrected chi connectivity index (χ2v) is 7.14. The van der Waals surface area contributed by atoms with E-state index in [2.05, 4.69) is 5.32 Å². The third-order valence-corrected chi connectivity index (χ3v) is 5.45. The van der Waals surface area contributed by atoms with Gasteiger partial charge in [0.1, 0.15) is 0 Å². The largest absolute Gasteiger partial charge is 0.391 e. The highest BCUT2D eigenvalue weighted by Crippen LogP contribution is 2.19. The van der Waals surface area contributed by atoms with Crippen LogP contribution in [-0.4, -0.2) is 55.2 Å². The molecule has 0 aliphatic carbocycles. The van der Waals surface area contributed by atoms with Crippen LogP contribution in [0.15, 0.2) is 0 Å². The van der Waals surface area contributed by atoms with E-state index in [1.54, 1.807) is 6.92 Å². The molecule has 0 spiro atoms. The van der Waals surface area contributed by atoms with Crippen molar-refractivity contribution in [2.75, 3.05) is 25.4 Å². The van der Waals surface area contributed by atoms with Gasteiger partial charge in [-0.15, -0.1) is 0 Å². The van der Waals surface area contributed by atoms with E-state index in [9.17, 15) is 18.3 Å². The number of hydrogen-bond acceptors (Lipinski definition) is 4. The summed E-state index contributed by atoms with van der Waals surface area (Å²) < 4.78 is 24.8. The molecule has 0 saturated carbocycles. The topological polar surface area (TPSA) is 86.7 Å². The van der Waals surface area contributed by atoms with Crippen molar-refractivity contribution in [2.24, 2.45) is 5.92 Å². The highest BCUT2D eigenvalue weighted by Gasteiger charge is 2.30. The molecule has 1 aliphatic heterocycles. The number of carbonyl (C=O) groups is 1. The van der Waals surface area contributed by atoms with Gasteiger partial charge in [0, 0.05) is 25.6 Å². The molecule has 1 unspecified atom stereocenters. The number of piperidine rings is 1. The molecule has 1 rings (SSSR count). The second kappa shape index (κ2) is 7.21. The monoisotopic (exact) mass is 292 g/mol. The molecule has 6 nitrogen and oxygen atoms in total. The number of nitrogens with one attached hydrogen (secondary N) is 1. The first kappa shape index (κ1) is 16.4. The van der Waals surface area contributed by atoms with Crippen molar-refractivity contribution in [1.82, 2.24) is 9.62 Å². The van der Waals surface area contributed by atoms with Crippen molar-refractivity contribution < 1.29 is 18.3 Å². The molecule has 112 valence electrons. The summed E-state index contributed by atoms with van der Waals surface area (Å²) in [4.78, 5) is 11.9. The molecule has 7 heteroatoms. The average molecular weight is 292 g/mol.